The fourth-order valence-electron chi connectivity index (χ4n) is 3.02. The van der Waals surface area contributed by atoms with Gasteiger partial charge in [-0.1, -0.05) is 6.92 Å². The Balaban J connectivity index is 1.76. The summed E-state index contributed by atoms with van der Waals surface area (Å²) in [5, 5.41) is 3.60. The van der Waals surface area contributed by atoms with Crippen LogP contribution in [0.2, 0.25) is 0 Å². The smallest absolute Gasteiger partial charge is 0.0223 e. The topological polar surface area (TPSA) is 20.2 Å². The van der Waals surface area contributed by atoms with Crippen LogP contribution < -0.4 is 5.32 Å². The highest BCUT2D eigenvalue weighted by atomic mass is 15.2. The van der Waals surface area contributed by atoms with Gasteiger partial charge in [-0.05, 0) is 51.8 Å². The van der Waals surface area contributed by atoms with E-state index in [0.29, 0.717) is 0 Å². The summed E-state index contributed by atoms with van der Waals surface area (Å²) < 4.78 is 2.39. The lowest BCUT2D eigenvalue weighted by atomic mass is 10.2. The molecule has 1 aliphatic carbocycles. The molecule has 3 heteroatoms. The lowest BCUT2D eigenvalue weighted by molar-refractivity contribution is 0.277. The van der Waals surface area contributed by atoms with Gasteiger partial charge < -0.3 is 9.88 Å². The summed E-state index contributed by atoms with van der Waals surface area (Å²) in [6.45, 7) is 14.5. The molecule has 1 aromatic rings. The number of rotatable bonds is 8. The standard InChI is InChI=1S/C16H29N3/c1-5-18(16-7-8-16)10-9-17-12-15-11-13(3)19(6-2)14(15)4/h11,16-17H,5-10,12H2,1-4H3. The Kier molecular flexibility index (Phi) is 5.06. The van der Waals surface area contributed by atoms with E-state index in [1.807, 2.05) is 0 Å². The van der Waals surface area contributed by atoms with Gasteiger partial charge in [-0.3, -0.25) is 4.90 Å². The summed E-state index contributed by atoms with van der Waals surface area (Å²) >= 11 is 0. The first kappa shape index (κ1) is 14.6. The Hall–Kier alpha value is -0.800. The van der Waals surface area contributed by atoms with Gasteiger partial charge >= 0.3 is 0 Å². The lowest BCUT2D eigenvalue weighted by Gasteiger charge is -2.19. The molecule has 0 aliphatic heterocycles. The highest BCUT2D eigenvalue weighted by Crippen LogP contribution is 2.25. The molecule has 1 saturated carbocycles. The van der Waals surface area contributed by atoms with Crippen molar-refractivity contribution in [1.29, 1.82) is 0 Å². The van der Waals surface area contributed by atoms with Crippen molar-refractivity contribution < 1.29 is 0 Å². The van der Waals surface area contributed by atoms with E-state index in [0.717, 1.165) is 25.7 Å². The second-order valence-electron chi connectivity index (χ2n) is 5.68. The fraction of sp³-hybridized carbons (Fsp3) is 0.750. The second-order valence-corrected chi connectivity index (χ2v) is 5.68. The van der Waals surface area contributed by atoms with E-state index in [4.69, 9.17) is 0 Å². The summed E-state index contributed by atoms with van der Waals surface area (Å²) in [5.74, 6) is 0. The van der Waals surface area contributed by atoms with Gasteiger partial charge in [0.05, 0.1) is 0 Å². The number of nitrogens with one attached hydrogen (secondary N) is 1. The van der Waals surface area contributed by atoms with Gasteiger partial charge in [0.1, 0.15) is 0 Å². The minimum atomic E-state index is 0.886. The van der Waals surface area contributed by atoms with E-state index in [1.165, 1.54) is 42.9 Å². The van der Waals surface area contributed by atoms with Crippen LogP contribution in [-0.2, 0) is 13.1 Å². The van der Waals surface area contributed by atoms with Crippen molar-refractivity contribution in [3.8, 4) is 0 Å². The first-order valence-corrected chi connectivity index (χ1v) is 7.77. The molecule has 1 aromatic heterocycles. The van der Waals surface area contributed by atoms with Crippen LogP contribution in [0.15, 0.2) is 6.07 Å². The predicted octanol–water partition coefficient (Wildman–Crippen LogP) is 2.70. The Morgan fingerprint density at radius 2 is 2.05 bits per heavy atom. The van der Waals surface area contributed by atoms with Gasteiger partial charge in [-0.25, -0.2) is 0 Å². The summed E-state index contributed by atoms with van der Waals surface area (Å²) in [4.78, 5) is 2.60. The second kappa shape index (κ2) is 6.58. The van der Waals surface area contributed by atoms with Crippen LogP contribution in [0.5, 0.6) is 0 Å². The Morgan fingerprint density at radius 1 is 1.32 bits per heavy atom. The van der Waals surface area contributed by atoms with Crippen molar-refractivity contribution in [2.45, 2.75) is 59.7 Å². The molecule has 0 amide bonds. The average molecular weight is 263 g/mol. The molecule has 0 unspecified atom stereocenters. The zero-order valence-corrected chi connectivity index (χ0v) is 13.0. The van der Waals surface area contributed by atoms with E-state index in [2.05, 4.69) is 48.5 Å². The quantitative estimate of drug-likeness (QED) is 0.728. The molecule has 0 spiro atoms. The SMILES string of the molecule is CCN(CCNCc1cc(C)n(CC)c1C)C1CC1. The van der Waals surface area contributed by atoms with Crippen molar-refractivity contribution >= 4 is 0 Å². The normalized spacial score (nSPS) is 15.4. The fourth-order valence-corrected chi connectivity index (χ4v) is 3.02. The van der Waals surface area contributed by atoms with Crippen LogP contribution in [0.25, 0.3) is 0 Å². The molecule has 0 atom stereocenters. The first-order valence-electron chi connectivity index (χ1n) is 7.77. The van der Waals surface area contributed by atoms with Crippen LogP contribution in [-0.4, -0.2) is 35.1 Å². The molecule has 19 heavy (non-hydrogen) atoms. The predicted molar refractivity (Wildman–Crippen MR) is 81.6 cm³/mol. The van der Waals surface area contributed by atoms with E-state index >= 15 is 0 Å². The molecule has 0 bridgehead atoms. The molecule has 3 nitrogen and oxygen atoms in total. The molecule has 2 rings (SSSR count). The maximum Gasteiger partial charge on any atom is 0.0223 e. The molecule has 1 N–H and O–H groups in total. The molecule has 108 valence electrons. The van der Waals surface area contributed by atoms with Crippen LogP contribution in [0.3, 0.4) is 0 Å². The summed E-state index contributed by atoms with van der Waals surface area (Å²) in [7, 11) is 0. The number of hydrogen-bond donors (Lipinski definition) is 1. The van der Waals surface area contributed by atoms with E-state index in [-0.39, 0.29) is 0 Å². The Morgan fingerprint density at radius 3 is 2.58 bits per heavy atom. The monoisotopic (exact) mass is 263 g/mol. The molecule has 0 radical (unpaired) electrons. The van der Waals surface area contributed by atoms with Crippen LogP contribution in [0, 0.1) is 13.8 Å². The molecular formula is C16H29N3. The van der Waals surface area contributed by atoms with Gasteiger partial charge in [0.25, 0.3) is 0 Å². The number of nitrogens with zero attached hydrogens (tertiary/aromatic N) is 2. The average Bonchev–Trinajstić information content (AvgIpc) is 3.18. The largest absolute Gasteiger partial charge is 0.349 e. The lowest BCUT2D eigenvalue weighted by Crippen LogP contribution is -2.33. The van der Waals surface area contributed by atoms with Gasteiger partial charge in [0.15, 0.2) is 0 Å². The van der Waals surface area contributed by atoms with Crippen LogP contribution >= 0.6 is 0 Å². The van der Waals surface area contributed by atoms with E-state index in [1.54, 1.807) is 0 Å². The third-order valence-corrected chi connectivity index (χ3v) is 4.36. The van der Waals surface area contributed by atoms with Crippen LogP contribution in [0.1, 0.15) is 43.6 Å². The van der Waals surface area contributed by atoms with Crippen LogP contribution in [0.4, 0.5) is 0 Å². The molecule has 1 heterocycles. The van der Waals surface area contributed by atoms with E-state index < -0.39 is 0 Å². The zero-order chi connectivity index (χ0) is 13.8. The minimum Gasteiger partial charge on any atom is -0.349 e. The maximum atomic E-state index is 3.60. The minimum absolute atomic E-state index is 0.886. The van der Waals surface area contributed by atoms with Crippen molar-refractivity contribution in [3.63, 3.8) is 0 Å². The molecule has 0 aromatic carbocycles. The number of hydrogen-bond acceptors (Lipinski definition) is 2. The molecule has 1 aliphatic rings. The summed E-state index contributed by atoms with van der Waals surface area (Å²) in [6, 6.07) is 3.21. The van der Waals surface area contributed by atoms with Gasteiger partial charge in [0.2, 0.25) is 0 Å². The molecule has 1 fully saturated rings. The summed E-state index contributed by atoms with van der Waals surface area (Å²) in [5.41, 5.74) is 4.25. The van der Waals surface area contributed by atoms with Gasteiger partial charge in [-0.15, -0.1) is 0 Å². The Bertz CT molecular complexity index is 404. The molecule has 0 saturated heterocycles. The number of aromatic nitrogens is 1. The van der Waals surface area contributed by atoms with Crippen molar-refractivity contribution in [1.82, 2.24) is 14.8 Å². The van der Waals surface area contributed by atoms with Crippen molar-refractivity contribution in [2.75, 3.05) is 19.6 Å². The number of likely N-dealkylation sites (N-methyl/N-ethyl adjacent to an activating group) is 1. The third kappa shape index (κ3) is 3.61. The highest BCUT2D eigenvalue weighted by Gasteiger charge is 2.26. The maximum absolute atomic E-state index is 3.60. The van der Waals surface area contributed by atoms with Gasteiger partial charge in [-0.2, -0.15) is 0 Å². The third-order valence-electron chi connectivity index (χ3n) is 4.36. The Labute approximate surface area is 118 Å². The zero-order valence-electron chi connectivity index (χ0n) is 13.0. The molecular weight excluding hydrogens is 234 g/mol. The van der Waals surface area contributed by atoms with Gasteiger partial charge in [0, 0.05) is 43.6 Å². The first-order chi connectivity index (χ1) is 9.17. The highest BCUT2D eigenvalue weighted by molar-refractivity contribution is 5.26. The van der Waals surface area contributed by atoms with E-state index in [9.17, 15) is 0 Å². The van der Waals surface area contributed by atoms with Crippen molar-refractivity contribution in [2.24, 2.45) is 0 Å². The summed E-state index contributed by atoms with van der Waals surface area (Å²) in [6.07, 6.45) is 2.82. The number of aryl methyl sites for hydroxylation is 1. The van der Waals surface area contributed by atoms with Crippen molar-refractivity contribution in [3.05, 3.63) is 23.0 Å².